The van der Waals surface area contributed by atoms with E-state index in [0.29, 0.717) is 18.8 Å². The van der Waals surface area contributed by atoms with Crippen molar-refractivity contribution in [3.05, 3.63) is 29.8 Å². The first-order chi connectivity index (χ1) is 9.95. The highest BCUT2D eigenvalue weighted by Gasteiger charge is 2.34. The van der Waals surface area contributed by atoms with Gasteiger partial charge in [0.05, 0.1) is 11.5 Å². The Balaban J connectivity index is 2.12. The van der Waals surface area contributed by atoms with Gasteiger partial charge in [-0.15, -0.1) is 0 Å². The van der Waals surface area contributed by atoms with Crippen molar-refractivity contribution in [2.45, 2.75) is 45.1 Å². The van der Waals surface area contributed by atoms with E-state index in [4.69, 9.17) is 10.5 Å². The van der Waals surface area contributed by atoms with Crippen LogP contribution in [0.15, 0.2) is 24.3 Å². The molecule has 4 nitrogen and oxygen atoms in total. The topological polar surface area (TPSA) is 55.6 Å². The smallest absolute Gasteiger partial charge is 0.232 e. The molecular weight excluding hydrogens is 264 g/mol. The Kier molecular flexibility index (Phi) is 4.88. The van der Waals surface area contributed by atoms with Gasteiger partial charge in [-0.25, -0.2) is 0 Å². The molecule has 4 heteroatoms. The number of benzene rings is 1. The quantitative estimate of drug-likeness (QED) is 0.848. The average Bonchev–Trinajstić information content (AvgIpc) is 2.97. The van der Waals surface area contributed by atoms with Crippen molar-refractivity contribution in [1.82, 2.24) is 4.90 Å². The first kappa shape index (κ1) is 15.8. The maximum absolute atomic E-state index is 12.9. The first-order valence-corrected chi connectivity index (χ1v) is 7.72. The molecule has 1 aliphatic rings. The van der Waals surface area contributed by atoms with Gasteiger partial charge in [-0.05, 0) is 51.3 Å². The van der Waals surface area contributed by atoms with Gasteiger partial charge in [-0.2, -0.15) is 0 Å². The molecule has 0 spiro atoms. The zero-order valence-electron chi connectivity index (χ0n) is 13.3. The Bertz CT molecular complexity index is 476. The summed E-state index contributed by atoms with van der Waals surface area (Å²) >= 11 is 0. The number of nitrogen functional groups attached to an aromatic ring is 1. The minimum Gasteiger partial charge on any atom is -0.399 e. The number of nitrogens with two attached hydrogens (primary N) is 1. The number of hydrogen-bond acceptors (Lipinski definition) is 3. The number of rotatable bonds is 5. The van der Waals surface area contributed by atoms with Crippen molar-refractivity contribution >= 4 is 11.6 Å². The van der Waals surface area contributed by atoms with Gasteiger partial charge in [-0.1, -0.05) is 12.1 Å². The van der Waals surface area contributed by atoms with E-state index >= 15 is 0 Å². The highest BCUT2D eigenvalue weighted by Crippen LogP contribution is 2.27. The number of likely N-dealkylation sites (N-methyl/N-ethyl adjacent to an activating group) is 1. The van der Waals surface area contributed by atoms with Gasteiger partial charge in [0.25, 0.3) is 0 Å². The fourth-order valence-corrected chi connectivity index (χ4v) is 2.81. The van der Waals surface area contributed by atoms with E-state index in [-0.39, 0.29) is 12.0 Å². The summed E-state index contributed by atoms with van der Waals surface area (Å²) in [7, 11) is 0. The number of anilines is 1. The Morgan fingerprint density at radius 3 is 2.57 bits per heavy atom. The van der Waals surface area contributed by atoms with Crippen molar-refractivity contribution in [2.75, 3.05) is 25.4 Å². The van der Waals surface area contributed by atoms with Crippen LogP contribution in [0.2, 0.25) is 0 Å². The Labute approximate surface area is 127 Å². The highest BCUT2D eigenvalue weighted by molar-refractivity contribution is 5.87. The fraction of sp³-hybridized carbons (Fsp3) is 0.588. The molecule has 116 valence electrons. The minimum absolute atomic E-state index is 0.144. The summed E-state index contributed by atoms with van der Waals surface area (Å²) in [6.07, 6.45) is 2.33. The molecule has 21 heavy (non-hydrogen) atoms. The van der Waals surface area contributed by atoms with Gasteiger partial charge in [0.2, 0.25) is 5.91 Å². The van der Waals surface area contributed by atoms with E-state index in [0.717, 1.165) is 25.0 Å². The summed E-state index contributed by atoms with van der Waals surface area (Å²) in [5.41, 5.74) is 6.89. The third kappa shape index (κ3) is 3.56. The van der Waals surface area contributed by atoms with Crippen molar-refractivity contribution < 1.29 is 9.53 Å². The number of carbonyl (C=O) groups excluding carboxylic acids is 1. The van der Waals surface area contributed by atoms with Crippen LogP contribution in [0.4, 0.5) is 5.69 Å². The van der Waals surface area contributed by atoms with E-state index in [1.54, 1.807) is 0 Å². The van der Waals surface area contributed by atoms with Gasteiger partial charge < -0.3 is 15.4 Å². The van der Waals surface area contributed by atoms with E-state index in [2.05, 4.69) is 0 Å². The van der Waals surface area contributed by atoms with E-state index in [1.807, 2.05) is 49.9 Å². The van der Waals surface area contributed by atoms with Crippen LogP contribution in [0.1, 0.15) is 39.2 Å². The van der Waals surface area contributed by atoms with Crippen LogP contribution in [0, 0.1) is 0 Å². The third-order valence-corrected chi connectivity index (χ3v) is 4.28. The molecule has 0 aromatic heterocycles. The standard InChI is InChI=1S/C17H26N2O2/c1-4-19(12-15-6-5-11-21-15)16(20)17(2,3)13-7-9-14(18)10-8-13/h7-10,15H,4-6,11-12,18H2,1-3H3. The molecule has 1 heterocycles. The Morgan fingerprint density at radius 1 is 1.38 bits per heavy atom. The second-order valence-corrected chi connectivity index (χ2v) is 6.23. The molecule has 1 aliphatic heterocycles. The van der Waals surface area contributed by atoms with Crippen LogP contribution < -0.4 is 5.73 Å². The lowest BCUT2D eigenvalue weighted by molar-refractivity contribution is -0.137. The lowest BCUT2D eigenvalue weighted by atomic mass is 9.83. The molecule has 1 unspecified atom stereocenters. The summed E-state index contributed by atoms with van der Waals surface area (Å²) < 4.78 is 5.66. The molecule has 2 rings (SSSR count). The summed E-state index contributed by atoms with van der Waals surface area (Å²) in [6, 6.07) is 7.57. The molecule has 1 fully saturated rings. The summed E-state index contributed by atoms with van der Waals surface area (Å²) in [5.74, 6) is 0.144. The Morgan fingerprint density at radius 2 is 2.05 bits per heavy atom. The van der Waals surface area contributed by atoms with Crippen LogP contribution in [0.3, 0.4) is 0 Å². The largest absolute Gasteiger partial charge is 0.399 e. The van der Waals surface area contributed by atoms with Crippen molar-refractivity contribution in [3.63, 3.8) is 0 Å². The van der Waals surface area contributed by atoms with Gasteiger partial charge >= 0.3 is 0 Å². The summed E-state index contributed by atoms with van der Waals surface area (Å²) in [5, 5.41) is 0. The van der Waals surface area contributed by atoms with E-state index in [1.165, 1.54) is 0 Å². The molecule has 1 amide bonds. The minimum atomic E-state index is -0.553. The fourth-order valence-electron chi connectivity index (χ4n) is 2.81. The molecule has 0 bridgehead atoms. The number of hydrogen-bond donors (Lipinski definition) is 1. The summed E-state index contributed by atoms with van der Waals surface area (Å²) in [6.45, 7) is 8.17. The number of ether oxygens (including phenoxy) is 1. The molecule has 1 atom stereocenters. The molecule has 0 aliphatic carbocycles. The van der Waals surface area contributed by atoms with E-state index in [9.17, 15) is 4.79 Å². The molecule has 1 aromatic carbocycles. The zero-order valence-corrected chi connectivity index (χ0v) is 13.3. The lowest BCUT2D eigenvalue weighted by Gasteiger charge is -2.33. The van der Waals surface area contributed by atoms with Gasteiger partial charge in [0, 0.05) is 25.4 Å². The number of carbonyl (C=O) groups is 1. The van der Waals surface area contributed by atoms with Crippen LogP contribution in [-0.2, 0) is 14.9 Å². The second kappa shape index (κ2) is 6.48. The Hall–Kier alpha value is -1.55. The molecule has 2 N–H and O–H groups in total. The maximum Gasteiger partial charge on any atom is 0.232 e. The van der Waals surface area contributed by atoms with Crippen LogP contribution >= 0.6 is 0 Å². The number of nitrogens with zero attached hydrogens (tertiary/aromatic N) is 1. The van der Waals surface area contributed by atoms with Crippen LogP contribution in [0.25, 0.3) is 0 Å². The van der Waals surface area contributed by atoms with Crippen molar-refractivity contribution in [1.29, 1.82) is 0 Å². The average molecular weight is 290 g/mol. The highest BCUT2D eigenvalue weighted by atomic mass is 16.5. The molecule has 1 aromatic rings. The predicted molar refractivity (Wildman–Crippen MR) is 85.1 cm³/mol. The summed E-state index contributed by atoms with van der Waals surface area (Å²) in [4.78, 5) is 14.8. The maximum atomic E-state index is 12.9. The van der Waals surface area contributed by atoms with Crippen LogP contribution in [0.5, 0.6) is 0 Å². The van der Waals surface area contributed by atoms with Gasteiger partial charge in [-0.3, -0.25) is 4.79 Å². The number of amides is 1. The normalized spacial score (nSPS) is 18.7. The SMILES string of the molecule is CCN(CC1CCCO1)C(=O)C(C)(C)c1ccc(N)cc1. The second-order valence-electron chi connectivity index (χ2n) is 6.23. The first-order valence-electron chi connectivity index (χ1n) is 7.72. The molecule has 1 saturated heterocycles. The van der Waals surface area contributed by atoms with Crippen LogP contribution in [-0.4, -0.2) is 36.6 Å². The zero-order chi connectivity index (χ0) is 15.5. The third-order valence-electron chi connectivity index (χ3n) is 4.28. The monoisotopic (exact) mass is 290 g/mol. The molecular formula is C17H26N2O2. The lowest BCUT2D eigenvalue weighted by Crippen LogP contribution is -2.46. The van der Waals surface area contributed by atoms with E-state index < -0.39 is 5.41 Å². The van der Waals surface area contributed by atoms with Gasteiger partial charge in [0.1, 0.15) is 0 Å². The van der Waals surface area contributed by atoms with Crippen molar-refractivity contribution in [2.24, 2.45) is 0 Å². The van der Waals surface area contributed by atoms with Gasteiger partial charge in [0.15, 0.2) is 0 Å². The molecule has 0 saturated carbocycles. The van der Waals surface area contributed by atoms with Crippen molar-refractivity contribution in [3.8, 4) is 0 Å². The molecule has 0 radical (unpaired) electrons. The predicted octanol–water partition coefficient (Wildman–Crippen LogP) is 2.57.